The number of aryl methyl sites for hydroxylation is 3. The molecule has 1 aliphatic rings. The van der Waals surface area contributed by atoms with E-state index in [2.05, 4.69) is 0 Å². The number of hydrogen-bond donors (Lipinski definition) is 1. The van der Waals surface area contributed by atoms with E-state index in [1.807, 2.05) is 44.4 Å². The smallest absolute Gasteiger partial charge is 0.300 e. The molecule has 0 bridgehead atoms. The van der Waals surface area contributed by atoms with Crippen LogP contribution in [-0.4, -0.2) is 16.8 Å². The Morgan fingerprint density at radius 1 is 1.03 bits per heavy atom. The van der Waals surface area contributed by atoms with Gasteiger partial charge < -0.3 is 5.11 Å². The van der Waals surface area contributed by atoms with Crippen molar-refractivity contribution >= 4 is 34.5 Å². The molecule has 1 aromatic heterocycles. The van der Waals surface area contributed by atoms with Gasteiger partial charge in [0.25, 0.3) is 11.7 Å². The molecular formula is C24H20FNO3S. The predicted octanol–water partition coefficient (Wildman–Crippen LogP) is 5.44. The van der Waals surface area contributed by atoms with Crippen LogP contribution in [0.15, 0.2) is 59.5 Å². The summed E-state index contributed by atoms with van der Waals surface area (Å²) in [5, 5.41) is 13.1. The number of Topliss-reactive ketones (excluding diaryl/α,β-unsaturated/α-hetero) is 1. The first-order valence-electron chi connectivity index (χ1n) is 9.47. The maximum absolute atomic E-state index is 13.9. The number of halogens is 1. The van der Waals surface area contributed by atoms with Gasteiger partial charge in [0, 0.05) is 16.1 Å². The first-order chi connectivity index (χ1) is 14.3. The van der Waals surface area contributed by atoms with E-state index in [1.165, 1.54) is 34.4 Å². The van der Waals surface area contributed by atoms with Gasteiger partial charge in [0.2, 0.25) is 0 Å². The van der Waals surface area contributed by atoms with E-state index in [0.717, 1.165) is 21.6 Å². The van der Waals surface area contributed by atoms with Gasteiger partial charge in [-0.1, -0.05) is 23.8 Å². The molecule has 1 atom stereocenters. The number of amides is 1. The van der Waals surface area contributed by atoms with Gasteiger partial charge in [0.05, 0.1) is 5.57 Å². The van der Waals surface area contributed by atoms with Gasteiger partial charge >= 0.3 is 0 Å². The number of carbonyl (C=O) groups excluding carboxylic acids is 2. The zero-order chi connectivity index (χ0) is 21.6. The number of aliphatic hydroxyl groups is 1. The lowest BCUT2D eigenvalue weighted by atomic mass is 9.95. The fourth-order valence-corrected chi connectivity index (χ4v) is 4.80. The van der Waals surface area contributed by atoms with Gasteiger partial charge in [0.15, 0.2) is 0 Å². The number of thiophene rings is 1. The quantitative estimate of drug-likeness (QED) is 0.348. The van der Waals surface area contributed by atoms with Crippen molar-refractivity contribution < 1.29 is 19.1 Å². The van der Waals surface area contributed by atoms with Gasteiger partial charge in [0.1, 0.15) is 17.6 Å². The summed E-state index contributed by atoms with van der Waals surface area (Å²) < 4.78 is 13.9. The number of anilines is 1. The summed E-state index contributed by atoms with van der Waals surface area (Å²) in [6.07, 6.45) is 0. The van der Waals surface area contributed by atoms with Crippen LogP contribution in [0.5, 0.6) is 0 Å². The van der Waals surface area contributed by atoms with Gasteiger partial charge in [-0.3, -0.25) is 14.5 Å². The summed E-state index contributed by atoms with van der Waals surface area (Å²) in [6, 6.07) is 12.2. The number of aliphatic hydroxyl groups excluding tert-OH is 1. The van der Waals surface area contributed by atoms with Crippen LogP contribution < -0.4 is 4.90 Å². The number of rotatable bonds is 3. The maximum Gasteiger partial charge on any atom is 0.300 e. The fraction of sp³-hybridized carbons (Fsp3) is 0.167. The molecule has 1 unspecified atom stereocenters. The normalized spacial score (nSPS) is 18.3. The number of carbonyl (C=O) groups is 2. The summed E-state index contributed by atoms with van der Waals surface area (Å²) in [5.74, 6) is -2.29. The van der Waals surface area contributed by atoms with Crippen LogP contribution in [0.4, 0.5) is 10.1 Å². The van der Waals surface area contributed by atoms with E-state index >= 15 is 0 Å². The van der Waals surface area contributed by atoms with E-state index in [1.54, 1.807) is 12.1 Å². The molecule has 1 saturated heterocycles. The average Bonchev–Trinajstić information content (AvgIpc) is 3.24. The maximum atomic E-state index is 13.9. The van der Waals surface area contributed by atoms with E-state index in [0.29, 0.717) is 5.56 Å². The highest BCUT2D eigenvalue weighted by molar-refractivity contribution is 7.10. The van der Waals surface area contributed by atoms with E-state index < -0.39 is 23.5 Å². The van der Waals surface area contributed by atoms with Crippen molar-refractivity contribution in [3.05, 3.63) is 92.4 Å². The summed E-state index contributed by atoms with van der Waals surface area (Å²) in [7, 11) is 0. The molecule has 1 aliphatic heterocycles. The van der Waals surface area contributed by atoms with Crippen LogP contribution in [-0.2, 0) is 9.59 Å². The molecule has 2 heterocycles. The van der Waals surface area contributed by atoms with Crippen LogP contribution in [0, 0.1) is 26.6 Å². The number of hydrogen-bond acceptors (Lipinski definition) is 4. The molecule has 1 amide bonds. The van der Waals surface area contributed by atoms with Crippen molar-refractivity contribution in [2.75, 3.05) is 4.90 Å². The summed E-state index contributed by atoms with van der Waals surface area (Å²) in [5.41, 5.74) is 3.40. The molecule has 0 radical (unpaired) electrons. The van der Waals surface area contributed by atoms with Crippen molar-refractivity contribution in [2.24, 2.45) is 0 Å². The zero-order valence-electron chi connectivity index (χ0n) is 16.8. The second-order valence-corrected chi connectivity index (χ2v) is 8.38. The molecule has 4 nitrogen and oxygen atoms in total. The lowest BCUT2D eigenvalue weighted by molar-refractivity contribution is -0.132. The summed E-state index contributed by atoms with van der Waals surface area (Å²) in [6.45, 7) is 5.61. The molecule has 3 aromatic rings. The highest BCUT2D eigenvalue weighted by Crippen LogP contribution is 2.45. The summed E-state index contributed by atoms with van der Waals surface area (Å²) in [4.78, 5) is 28.2. The van der Waals surface area contributed by atoms with Gasteiger partial charge in [-0.25, -0.2) is 4.39 Å². The standard InChI is InChI=1S/C24H20FNO3S/c1-13-7-8-14(2)18(11-13)21(27)19-20(23-15(3)9-10-30-23)26(24(29)22(19)28)17-6-4-5-16(25)12-17/h4-12,20,27H,1-3H3/b21-19-. The molecule has 0 spiro atoms. The Morgan fingerprint density at radius 3 is 2.47 bits per heavy atom. The highest BCUT2D eigenvalue weighted by Gasteiger charge is 2.48. The van der Waals surface area contributed by atoms with Gasteiger partial charge in [-0.2, -0.15) is 0 Å². The zero-order valence-corrected chi connectivity index (χ0v) is 17.6. The fourth-order valence-electron chi connectivity index (χ4n) is 3.77. The van der Waals surface area contributed by atoms with Crippen molar-refractivity contribution in [3.8, 4) is 0 Å². The largest absolute Gasteiger partial charge is 0.507 e. The van der Waals surface area contributed by atoms with Gasteiger partial charge in [-0.05, 0) is 67.6 Å². The third-order valence-electron chi connectivity index (χ3n) is 5.33. The summed E-state index contributed by atoms with van der Waals surface area (Å²) >= 11 is 1.39. The number of nitrogens with zero attached hydrogens (tertiary/aromatic N) is 1. The molecule has 30 heavy (non-hydrogen) atoms. The topological polar surface area (TPSA) is 57.6 Å². The molecule has 1 N–H and O–H groups in total. The molecular weight excluding hydrogens is 401 g/mol. The monoisotopic (exact) mass is 421 g/mol. The third-order valence-corrected chi connectivity index (χ3v) is 6.40. The van der Waals surface area contributed by atoms with Crippen LogP contribution in [0.1, 0.15) is 33.2 Å². The lowest BCUT2D eigenvalue weighted by Gasteiger charge is -2.25. The Morgan fingerprint density at radius 2 is 1.80 bits per heavy atom. The number of ketones is 1. The minimum atomic E-state index is -0.827. The van der Waals surface area contributed by atoms with E-state index in [-0.39, 0.29) is 17.0 Å². The van der Waals surface area contributed by atoms with Crippen LogP contribution >= 0.6 is 11.3 Å². The highest BCUT2D eigenvalue weighted by atomic mass is 32.1. The van der Waals surface area contributed by atoms with Crippen molar-refractivity contribution in [1.29, 1.82) is 0 Å². The van der Waals surface area contributed by atoms with Crippen LogP contribution in [0.2, 0.25) is 0 Å². The lowest BCUT2D eigenvalue weighted by Crippen LogP contribution is -2.29. The Labute approximate surface area is 177 Å². The Hall–Kier alpha value is -3.25. The molecule has 0 saturated carbocycles. The van der Waals surface area contributed by atoms with Crippen LogP contribution in [0.3, 0.4) is 0 Å². The third kappa shape index (κ3) is 3.23. The first-order valence-corrected chi connectivity index (χ1v) is 10.4. The van der Waals surface area contributed by atoms with Crippen molar-refractivity contribution in [1.82, 2.24) is 0 Å². The predicted molar refractivity (Wildman–Crippen MR) is 116 cm³/mol. The minimum Gasteiger partial charge on any atom is -0.507 e. The van der Waals surface area contributed by atoms with Crippen molar-refractivity contribution in [3.63, 3.8) is 0 Å². The minimum absolute atomic E-state index is 0.0171. The van der Waals surface area contributed by atoms with E-state index in [4.69, 9.17) is 0 Å². The SMILES string of the molecule is Cc1ccc(C)c(/C(O)=C2/C(=O)C(=O)N(c3cccc(F)c3)C2c2sccc2C)c1. The molecule has 1 fully saturated rings. The van der Waals surface area contributed by atoms with E-state index in [9.17, 15) is 19.1 Å². The molecule has 4 rings (SSSR count). The second-order valence-electron chi connectivity index (χ2n) is 7.44. The van der Waals surface area contributed by atoms with Gasteiger partial charge in [-0.15, -0.1) is 11.3 Å². The first kappa shape index (κ1) is 20.0. The molecule has 0 aliphatic carbocycles. The second kappa shape index (κ2) is 7.54. The average molecular weight is 421 g/mol. The Balaban J connectivity index is 2.00. The van der Waals surface area contributed by atoms with Crippen molar-refractivity contribution in [2.45, 2.75) is 26.8 Å². The molecule has 6 heteroatoms. The number of benzene rings is 2. The Kier molecular flexibility index (Phi) is 5.03. The van der Waals surface area contributed by atoms with Crippen LogP contribution in [0.25, 0.3) is 5.76 Å². The molecule has 2 aromatic carbocycles. The Bertz CT molecular complexity index is 1210. The molecule has 152 valence electrons.